The van der Waals surface area contributed by atoms with E-state index in [1.54, 1.807) is 12.4 Å². The summed E-state index contributed by atoms with van der Waals surface area (Å²) in [5.74, 6) is -3.65. The van der Waals surface area contributed by atoms with Gasteiger partial charge in [-0.25, -0.2) is 19.6 Å². The SMILES string of the molecule is FC(F)(F)c1ccc(N(Cc2ccc(Br)cc2)c2cncnc2)cc1.O=C(O)C(=O)O. The average molecular weight is 498 g/mol. The molecule has 1 heterocycles. The van der Waals surface area contributed by atoms with Gasteiger partial charge in [0.1, 0.15) is 6.33 Å². The minimum Gasteiger partial charge on any atom is -0.473 e. The number of rotatable bonds is 4. The number of carboxylic acids is 2. The van der Waals surface area contributed by atoms with Gasteiger partial charge in [0.05, 0.1) is 23.6 Å². The number of benzene rings is 2. The van der Waals surface area contributed by atoms with Crippen molar-refractivity contribution in [2.45, 2.75) is 12.7 Å². The van der Waals surface area contributed by atoms with Crippen LogP contribution in [0.25, 0.3) is 0 Å². The molecule has 0 aliphatic carbocycles. The molecule has 0 amide bonds. The van der Waals surface area contributed by atoms with E-state index in [0.717, 1.165) is 22.2 Å². The van der Waals surface area contributed by atoms with E-state index in [1.807, 2.05) is 29.2 Å². The van der Waals surface area contributed by atoms with Gasteiger partial charge < -0.3 is 15.1 Å². The zero-order valence-electron chi connectivity index (χ0n) is 15.6. The largest absolute Gasteiger partial charge is 0.473 e. The zero-order valence-corrected chi connectivity index (χ0v) is 17.2. The Hall–Kier alpha value is -3.47. The van der Waals surface area contributed by atoms with Gasteiger partial charge in [-0.1, -0.05) is 28.1 Å². The number of carbonyl (C=O) groups is 2. The third-order valence-corrected chi connectivity index (χ3v) is 4.33. The second-order valence-corrected chi connectivity index (χ2v) is 6.88. The highest BCUT2D eigenvalue weighted by atomic mass is 79.9. The van der Waals surface area contributed by atoms with Crippen molar-refractivity contribution in [3.8, 4) is 0 Å². The Bertz CT molecular complexity index is 1000. The van der Waals surface area contributed by atoms with E-state index in [-0.39, 0.29) is 0 Å². The molecule has 0 bridgehead atoms. The first-order valence-corrected chi connectivity index (χ1v) is 9.27. The van der Waals surface area contributed by atoms with Crippen molar-refractivity contribution in [2.24, 2.45) is 0 Å². The van der Waals surface area contributed by atoms with Crippen LogP contribution in [0.5, 0.6) is 0 Å². The molecule has 7 nitrogen and oxygen atoms in total. The van der Waals surface area contributed by atoms with E-state index in [9.17, 15) is 13.2 Å². The lowest BCUT2D eigenvalue weighted by Gasteiger charge is -2.25. The van der Waals surface area contributed by atoms with Gasteiger partial charge in [-0.15, -0.1) is 0 Å². The highest BCUT2D eigenvalue weighted by Gasteiger charge is 2.30. The summed E-state index contributed by atoms with van der Waals surface area (Å²) in [6.07, 6.45) is 0.312. The fourth-order valence-corrected chi connectivity index (χ4v) is 2.63. The maximum atomic E-state index is 12.8. The van der Waals surface area contributed by atoms with E-state index in [1.165, 1.54) is 18.5 Å². The van der Waals surface area contributed by atoms with Crippen LogP contribution in [0.4, 0.5) is 24.5 Å². The summed E-state index contributed by atoms with van der Waals surface area (Å²) < 4.78 is 39.3. The summed E-state index contributed by atoms with van der Waals surface area (Å²) in [4.78, 5) is 28.1. The van der Waals surface area contributed by atoms with Crippen LogP contribution >= 0.6 is 15.9 Å². The monoisotopic (exact) mass is 497 g/mol. The average Bonchev–Trinajstić information content (AvgIpc) is 2.74. The first kappa shape index (κ1) is 23.8. The molecule has 0 spiro atoms. The second kappa shape index (κ2) is 10.5. The van der Waals surface area contributed by atoms with Gasteiger partial charge in [-0.2, -0.15) is 13.2 Å². The predicted molar refractivity (Wildman–Crippen MR) is 109 cm³/mol. The van der Waals surface area contributed by atoms with E-state index in [0.29, 0.717) is 17.9 Å². The van der Waals surface area contributed by atoms with Crippen LogP contribution in [0.15, 0.2) is 71.7 Å². The Morgan fingerprint density at radius 1 is 0.871 bits per heavy atom. The highest BCUT2D eigenvalue weighted by Crippen LogP contribution is 2.32. The predicted octanol–water partition coefficient (Wildman–Crippen LogP) is 4.75. The maximum Gasteiger partial charge on any atom is 0.416 e. The van der Waals surface area contributed by atoms with Crippen molar-refractivity contribution >= 4 is 39.2 Å². The van der Waals surface area contributed by atoms with Crippen LogP contribution in [-0.4, -0.2) is 32.1 Å². The van der Waals surface area contributed by atoms with Gasteiger partial charge >= 0.3 is 18.1 Å². The van der Waals surface area contributed by atoms with Gasteiger partial charge in [-0.05, 0) is 42.0 Å². The number of alkyl halides is 3. The van der Waals surface area contributed by atoms with Crippen LogP contribution < -0.4 is 4.90 Å². The molecule has 2 N–H and O–H groups in total. The lowest BCUT2D eigenvalue weighted by molar-refractivity contribution is -0.159. The van der Waals surface area contributed by atoms with E-state index >= 15 is 0 Å². The molecule has 11 heteroatoms. The number of aromatic nitrogens is 2. The Labute approximate surface area is 182 Å². The summed E-state index contributed by atoms with van der Waals surface area (Å²) in [5.41, 5.74) is 1.66. The standard InChI is InChI=1S/C18H13BrF3N3.C2H2O4/c19-15-5-1-13(2-6-15)11-25(17-9-23-12-24-10-17)16-7-3-14(4-8-16)18(20,21)22;3-1(4)2(5)6/h1-10,12H,11H2;(H,3,4)(H,5,6). The van der Waals surface area contributed by atoms with Crippen LogP contribution in [0, 0.1) is 0 Å². The third kappa shape index (κ3) is 7.37. The van der Waals surface area contributed by atoms with E-state index in [4.69, 9.17) is 19.8 Å². The number of hydrogen-bond acceptors (Lipinski definition) is 5. The first-order chi connectivity index (χ1) is 14.6. The molecule has 2 aromatic carbocycles. The quantitative estimate of drug-likeness (QED) is 0.501. The number of hydrogen-bond donors (Lipinski definition) is 2. The topological polar surface area (TPSA) is 104 Å². The number of halogens is 4. The number of carboxylic acid groups (broad SMARTS) is 2. The van der Waals surface area contributed by atoms with E-state index in [2.05, 4.69) is 25.9 Å². The highest BCUT2D eigenvalue weighted by molar-refractivity contribution is 9.10. The molecular weight excluding hydrogens is 483 g/mol. The third-order valence-electron chi connectivity index (χ3n) is 3.80. The van der Waals surface area contributed by atoms with Crippen LogP contribution in [0.2, 0.25) is 0 Å². The summed E-state index contributed by atoms with van der Waals surface area (Å²) in [6.45, 7) is 0.478. The van der Waals surface area contributed by atoms with Crippen LogP contribution in [0.3, 0.4) is 0 Å². The fraction of sp³-hybridized carbons (Fsp3) is 0.100. The zero-order chi connectivity index (χ0) is 23.0. The molecule has 3 rings (SSSR count). The summed E-state index contributed by atoms with van der Waals surface area (Å²) in [6, 6.07) is 12.8. The summed E-state index contributed by atoms with van der Waals surface area (Å²) >= 11 is 3.39. The van der Waals surface area contributed by atoms with Crippen molar-refractivity contribution in [3.05, 3.63) is 82.9 Å². The molecular formula is C20H15BrF3N3O4. The Kier molecular flexibility index (Phi) is 8.08. The van der Waals surface area contributed by atoms with Crippen molar-refractivity contribution < 1.29 is 33.0 Å². The Balaban J connectivity index is 0.000000501. The van der Waals surface area contributed by atoms with Gasteiger partial charge in [-0.3, -0.25) is 0 Å². The lowest BCUT2D eigenvalue weighted by Crippen LogP contribution is -2.17. The molecule has 0 unspecified atom stereocenters. The minimum atomic E-state index is -4.36. The molecule has 1 aromatic heterocycles. The molecule has 0 saturated carbocycles. The van der Waals surface area contributed by atoms with Gasteiger partial charge in [0, 0.05) is 16.7 Å². The van der Waals surface area contributed by atoms with Crippen LogP contribution in [-0.2, 0) is 22.3 Å². The van der Waals surface area contributed by atoms with Crippen LogP contribution in [0.1, 0.15) is 11.1 Å². The van der Waals surface area contributed by atoms with Crippen molar-refractivity contribution in [2.75, 3.05) is 4.90 Å². The molecule has 0 aliphatic rings. The van der Waals surface area contributed by atoms with Gasteiger partial charge in [0.15, 0.2) is 0 Å². The second-order valence-electron chi connectivity index (χ2n) is 5.96. The van der Waals surface area contributed by atoms with Crippen molar-refractivity contribution in [3.63, 3.8) is 0 Å². The Morgan fingerprint density at radius 2 is 1.39 bits per heavy atom. The van der Waals surface area contributed by atoms with E-state index < -0.39 is 23.7 Å². The maximum absolute atomic E-state index is 12.8. The summed E-state index contributed by atoms with van der Waals surface area (Å²) in [7, 11) is 0. The number of nitrogens with zero attached hydrogens (tertiary/aromatic N) is 3. The normalized spacial score (nSPS) is 10.6. The number of anilines is 2. The molecule has 3 aromatic rings. The Morgan fingerprint density at radius 3 is 1.84 bits per heavy atom. The number of aliphatic carboxylic acids is 2. The smallest absolute Gasteiger partial charge is 0.416 e. The fourth-order valence-electron chi connectivity index (χ4n) is 2.37. The van der Waals surface area contributed by atoms with Gasteiger partial charge in [0.25, 0.3) is 0 Å². The molecule has 162 valence electrons. The van der Waals surface area contributed by atoms with Crippen molar-refractivity contribution in [1.82, 2.24) is 9.97 Å². The minimum absolute atomic E-state index is 0.478. The molecule has 0 saturated heterocycles. The molecule has 0 fully saturated rings. The van der Waals surface area contributed by atoms with Crippen molar-refractivity contribution in [1.29, 1.82) is 0 Å². The lowest BCUT2D eigenvalue weighted by atomic mass is 10.1. The summed E-state index contributed by atoms with van der Waals surface area (Å²) in [5, 5.41) is 14.8. The molecule has 0 atom stereocenters. The molecule has 0 radical (unpaired) electrons. The van der Waals surface area contributed by atoms with Gasteiger partial charge in [0.2, 0.25) is 0 Å². The molecule has 0 aliphatic heterocycles. The first-order valence-electron chi connectivity index (χ1n) is 8.48. The molecule has 31 heavy (non-hydrogen) atoms.